The third-order valence-electron chi connectivity index (χ3n) is 3.50. The first-order chi connectivity index (χ1) is 12.5. The molecular weight excluding hydrogens is 378 g/mol. The van der Waals surface area contributed by atoms with Gasteiger partial charge in [-0.15, -0.1) is 0 Å². The molecule has 0 bridgehead atoms. The largest absolute Gasteiger partial charge is 0.465 e. The molecule has 26 heavy (non-hydrogen) atoms. The summed E-state index contributed by atoms with van der Waals surface area (Å²) >= 11 is 6.62. The second-order valence-corrected chi connectivity index (χ2v) is 6.71. The second-order valence-electron chi connectivity index (χ2n) is 5.28. The standard InChI is InChI=1S/C18H14ClNO5S/c1-2-24-16(21)10-20-17(22)15(26-18(20)23)9-13-7-8-14(25-13)11-3-5-12(19)6-4-11/h3-9H,2,10H2,1H3/b15-9-. The quantitative estimate of drug-likeness (QED) is 0.561. The van der Waals surface area contributed by atoms with Crippen molar-refractivity contribution in [3.63, 3.8) is 0 Å². The van der Waals surface area contributed by atoms with Gasteiger partial charge in [-0.25, -0.2) is 0 Å². The summed E-state index contributed by atoms with van der Waals surface area (Å²) < 4.78 is 10.5. The van der Waals surface area contributed by atoms with Crippen molar-refractivity contribution in [1.82, 2.24) is 4.90 Å². The summed E-state index contributed by atoms with van der Waals surface area (Å²) in [5.41, 5.74) is 0.837. The highest BCUT2D eigenvalue weighted by Gasteiger charge is 2.36. The van der Waals surface area contributed by atoms with Crippen molar-refractivity contribution in [2.45, 2.75) is 6.92 Å². The minimum Gasteiger partial charge on any atom is -0.465 e. The number of nitrogens with zero attached hydrogens (tertiary/aromatic N) is 1. The molecule has 3 rings (SSSR count). The molecule has 0 aliphatic carbocycles. The van der Waals surface area contributed by atoms with E-state index in [9.17, 15) is 14.4 Å². The summed E-state index contributed by atoms with van der Waals surface area (Å²) in [7, 11) is 0. The Kier molecular flexibility index (Phi) is 5.49. The molecule has 0 atom stereocenters. The fourth-order valence-electron chi connectivity index (χ4n) is 2.30. The zero-order valence-corrected chi connectivity index (χ0v) is 15.3. The van der Waals surface area contributed by atoms with Crippen LogP contribution in [0.3, 0.4) is 0 Å². The number of halogens is 1. The lowest BCUT2D eigenvalue weighted by molar-refractivity contribution is -0.145. The topological polar surface area (TPSA) is 76.8 Å². The van der Waals surface area contributed by atoms with Crippen molar-refractivity contribution in [2.75, 3.05) is 13.2 Å². The number of furan rings is 1. The average molecular weight is 392 g/mol. The van der Waals surface area contributed by atoms with Crippen molar-refractivity contribution in [1.29, 1.82) is 0 Å². The van der Waals surface area contributed by atoms with Gasteiger partial charge >= 0.3 is 5.97 Å². The first-order valence-electron chi connectivity index (χ1n) is 7.74. The van der Waals surface area contributed by atoms with Crippen LogP contribution < -0.4 is 0 Å². The highest BCUT2D eigenvalue weighted by molar-refractivity contribution is 8.18. The van der Waals surface area contributed by atoms with Crippen molar-refractivity contribution in [3.05, 3.63) is 52.1 Å². The summed E-state index contributed by atoms with van der Waals surface area (Å²) in [6.07, 6.45) is 1.48. The fraction of sp³-hybridized carbons (Fsp3) is 0.167. The molecule has 1 aliphatic rings. The Morgan fingerprint density at radius 1 is 1.23 bits per heavy atom. The van der Waals surface area contributed by atoms with Crippen LogP contribution in [0, 0.1) is 0 Å². The number of carbonyl (C=O) groups is 3. The van der Waals surface area contributed by atoms with Gasteiger partial charge in [-0.3, -0.25) is 19.3 Å². The van der Waals surface area contributed by atoms with Crippen LogP contribution in [0.25, 0.3) is 17.4 Å². The Morgan fingerprint density at radius 3 is 2.65 bits per heavy atom. The summed E-state index contributed by atoms with van der Waals surface area (Å²) in [5.74, 6) is -0.133. The normalized spacial score (nSPS) is 15.8. The second kappa shape index (κ2) is 7.80. The number of thioether (sulfide) groups is 1. The number of hydrogen-bond donors (Lipinski definition) is 0. The first kappa shape index (κ1) is 18.3. The van der Waals surface area contributed by atoms with Gasteiger partial charge in [0.15, 0.2) is 0 Å². The first-order valence-corrected chi connectivity index (χ1v) is 8.94. The SMILES string of the molecule is CCOC(=O)CN1C(=O)S/C(=C\c2ccc(-c3ccc(Cl)cc3)o2)C1=O. The van der Waals surface area contributed by atoms with Crippen LogP contribution >= 0.6 is 23.4 Å². The highest BCUT2D eigenvalue weighted by atomic mass is 35.5. The minimum atomic E-state index is -0.626. The van der Waals surface area contributed by atoms with Gasteiger partial charge in [0.1, 0.15) is 18.1 Å². The Bertz CT molecular complexity index is 887. The van der Waals surface area contributed by atoms with E-state index in [1.54, 1.807) is 31.2 Å². The predicted octanol–water partition coefficient (Wildman–Crippen LogP) is 4.20. The van der Waals surface area contributed by atoms with Crippen molar-refractivity contribution in [2.24, 2.45) is 0 Å². The van der Waals surface area contributed by atoms with E-state index in [-0.39, 0.29) is 11.5 Å². The number of rotatable bonds is 5. The molecule has 2 heterocycles. The number of imide groups is 1. The average Bonchev–Trinajstić information content (AvgIpc) is 3.17. The molecule has 0 N–H and O–H groups in total. The Hall–Kier alpha value is -2.51. The predicted molar refractivity (Wildman–Crippen MR) is 98.5 cm³/mol. The van der Waals surface area contributed by atoms with E-state index in [0.29, 0.717) is 16.5 Å². The van der Waals surface area contributed by atoms with Crippen LogP contribution in [0.1, 0.15) is 12.7 Å². The molecule has 1 aromatic carbocycles. The van der Waals surface area contributed by atoms with Gasteiger partial charge < -0.3 is 9.15 Å². The third-order valence-corrected chi connectivity index (χ3v) is 4.65. The van der Waals surface area contributed by atoms with Crippen LogP contribution in [0.5, 0.6) is 0 Å². The van der Waals surface area contributed by atoms with Gasteiger partial charge in [0.2, 0.25) is 0 Å². The molecule has 1 aromatic heterocycles. The number of carbonyl (C=O) groups excluding carboxylic acids is 3. The monoisotopic (exact) mass is 391 g/mol. The minimum absolute atomic E-state index is 0.185. The Morgan fingerprint density at radius 2 is 1.96 bits per heavy atom. The lowest BCUT2D eigenvalue weighted by atomic mass is 10.2. The highest BCUT2D eigenvalue weighted by Crippen LogP contribution is 2.33. The molecule has 0 radical (unpaired) electrons. The molecule has 1 saturated heterocycles. The van der Waals surface area contributed by atoms with Gasteiger partial charge in [-0.1, -0.05) is 11.6 Å². The molecule has 1 fully saturated rings. The maximum Gasteiger partial charge on any atom is 0.326 e. The molecule has 0 unspecified atom stereocenters. The maximum atomic E-state index is 12.3. The van der Waals surface area contributed by atoms with Gasteiger partial charge in [0.25, 0.3) is 11.1 Å². The molecule has 6 nitrogen and oxygen atoms in total. The molecule has 8 heteroatoms. The summed E-state index contributed by atoms with van der Waals surface area (Å²) in [6, 6.07) is 10.6. The number of amides is 2. The third kappa shape index (κ3) is 4.00. The molecule has 0 spiro atoms. The lowest BCUT2D eigenvalue weighted by Gasteiger charge is -2.10. The molecular formula is C18H14ClNO5S. The molecule has 134 valence electrons. The van der Waals surface area contributed by atoms with Crippen LogP contribution in [-0.2, 0) is 14.3 Å². The molecule has 2 amide bonds. The summed E-state index contributed by atoms with van der Waals surface area (Å²) in [5, 5.41) is 0.106. The lowest BCUT2D eigenvalue weighted by Crippen LogP contribution is -2.34. The zero-order valence-electron chi connectivity index (χ0n) is 13.7. The number of ether oxygens (including phenoxy) is 1. The maximum absolute atomic E-state index is 12.3. The van der Waals surface area contributed by atoms with E-state index in [0.717, 1.165) is 22.2 Å². The van der Waals surface area contributed by atoms with Crippen molar-refractivity contribution < 1.29 is 23.5 Å². The number of benzene rings is 1. The summed E-state index contributed by atoms with van der Waals surface area (Å²) in [4.78, 5) is 36.9. The van der Waals surface area contributed by atoms with E-state index in [2.05, 4.69) is 0 Å². The zero-order chi connectivity index (χ0) is 18.7. The van der Waals surface area contributed by atoms with Crippen LogP contribution in [0.4, 0.5) is 4.79 Å². The van der Waals surface area contributed by atoms with E-state index in [1.165, 1.54) is 6.08 Å². The Balaban J connectivity index is 1.76. The van der Waals surface area contributed by atoms with E-state index >= 15 is 0 Å². The van der Waals surface area contributed by atoms with Gasteiger partial charge in [0.05, 0.1) is 11.5 Å². The number of esters is 1. The van der Waals surface area contributed by atoms with Crippen LogP contribution in [-0.4, -0.2) is 35.2 Å². The van der Waals surface area contributed by atoms with E-state index in [4.69, 9.17) is 20.8 Å². The van der Waals surface area contributed by atoms with Gasteiger partial charge in [0, 0.05) is 16.7 Å². The van der Waals surface area contributed by atoms with E-state index < -0.39 is 23.7 Å². The van der Waals surface area contributed by atoms with Gasteiger partial charge in [-0.05, 0) is 55.1 Å². The number of hydrogen-bond acceptors (Lipinski definition) is 6. The van der Waals surface area contributed by atoms with Gasteiger partial charge in [-0.2, -0.15) is 0 Å². The van der Waals surface area contributed by atoms with Crippen molar-refractivity contribution in [3.8, 4) is 11.3 Å². The molecule has 0 saturated carbocycles. The van der Waals surface area contributed by atoms with Crippen LogP contribution in [0.15, 0.2) is 45.7 Å². The summed E-state index contributed by atoms with van der Waals surface area (Å²) in [6.45, 7) is 1.44. The molecule has 1 aliphatic heterocycles. The van der Waals surface area contributed by atoms with Crippen LogP contribution in [0.2, 0.25) is 5.02 Å². The fourth-order valence-corrected chi connectivity index (χ4v) is 3.25. The Labute approximate surface area is 158 Å². The van der Waals surface area contributed by atoms with E-state index in [1.807, 2.05) is 12.1 Å². The van der Waals surface area contributed by atoms with Crippen molar-refractivity contribution >= 4 is 46.6 Å². The molecule has 2 aromatic rings. The smallest absolute Gasteiger partial charge is 0.326 e.